The lowest BCUT2D eigenvalue weighted by Gasteiger charge is -2.41. The van der Waals surface area contributed by atoms with Crippen molar-refractivity contribution in [2.24, 2.45) is 5.73 Å². The highest BCUT2D eigenvalue weighted by atomic mass is 32.2. The molecule has 1 aromatic carbocycles. The lowest BCUT2D eigenvalue weighted by molar-refractivity contribution is 0.253. The zero-order valence-corrected chi connectivity index (χ0v) is 10.1. The SMILES string of the molecule is CCSc1ccc(C2(CN)CCC2)cc1. The second-order valence-corrected chi connectivity index (χ2v) is 5.63. The molecule has 2 N–H and O–H groups in total. The third-order valence-corrected chi connectivity index (χ3v) is 4.37. The Hall–Kier alpha value is -0.470. The molecule has 0 saturated heterocycles. The maximum Gasteiger partial charge on any atom is 0.00755 e. The Kier molecular flexibility index (Phi) is 3.37. The Balaban J connectivity index is 2.15. The second-order valence-electron chi connectivity index (χ2n) is 4.30. The van der Waals surface area contributed by atoms with E-state index in [0.717, 1.165) is 12.3 Å². The number of thioether (sulfide) groups is 1. The monoisotopic (exact) mass is 221 g/mol. The third-order valence-electron chi connectivity index (χ3n) is 3.48. The fourth-order valence-electron chi connectivity index (χ4n) is 2.29. The first-order chi connectivity index (χ1) is 7.30. The van der Waals surface area contributed by atoms with Gasteiger partial charge in [0.05, 0.1) is 0 Å². The molecule has 2 rings (SSSR count). The highest BCUT2D eigenvalue weighted by Crippen LogP contribution is 2.43. The summed E-state index contributed by atoms with van der Waals surface area (Å²) >= 11 is 1.90. The average Bonchev–Trinajstić information content (AvgIpc) is 2.20. The van der Waals surface area contributed by atoms with Crippen LogP contribution < -0.4 is 5.73 Å². The minimum absolute atomic E-state index is 0.315. The molecule has 1 aliphatic rings. The minimum atomic E-state index is 0.315. The van der Waals surface area contributed by atoms with Crippen LogP contribution in [0.5, 0.6) is 0 Å². The van der Waals surface area contributed by atoms with E-state index in [1.807, 2.05) is 11.8 Å². The second kappa shape index (κ2) is 4.58. The van der Waals surface area contributed by atoms with E-state index < -0.39 is 0 Å². The van der Waals surface area contributed by atoms with Gasteiger partial charge in [0.2, 0.25) is 0 Å². The summed E-state index contributed by atoms with van der Waals surface area (Å²) in [5.41, 5.74) is 7.65. The number of hydrogen-bond acceptors (Lipinski definition) is 2. The number of benzene rings is 1. The van der Waals surface area contributed by atoms with Crippen molar-refractivity contribution in [2.75, 3.05) is 12.3 Å². The van der Waals surface area contributed by atoms with Crippen LogP contribution in [0.1, 0.15) is 31.7 Å². The molecular formula is C13H19NS. The summed E-state index contributed by atoms with van der Waals surface area (Å²) in [4.78, 5) is 1.37. The van der Waals surface area contributed by atoms with Crippen LogP contribution in [0.25, 0.3) is 0 Å². The van der Waals surface area contributed by atoms with Crippen molar-refractivity contribution in [3.05, 3.63) is 29.8 Å². The highest BCUT2D eigenvalue weighted by molar-refractivity contribution is 7.99. The normalized spacial score (nSPS) is 18.5. The molecule has 1 aliphatic carbocycles. The molecule has 15 heavy (non-hydrogen) atoms. The highest BCUT2D eigenvalue weighted by Gasteiger charge is 2.36. The fraction of sp³-hybridized carbons (Fsp3) is 0.538. The van der Waals surface area contributed by atoms with E-state index in [0.29, 0.717) is 5.41 Å². The molecule has 0 spiro atoms. The van der Waals surface area contributed by atoms with Crippen LogP contribution in [0.15, 0.2) is 29.2 Å². The Bertz CT molecular complexity index is 308. The van der Waals surface area contributed by atoms with Crippen molar-refractivity contribution in [3.63, 3.8) is 0 Å². The molecule has 0 unspecified atom stereocenters. The molecule has 1 aromatic rings. The summed E-state index contributed by atoms with van der Waals surface area (Å²) in [7, 11) is 0. The van der Waals surface area contributed by atoms with Crippen LogP contribution >= 0.6 is 11.8 Å². The largest absolute Gasteiger partial charge is 0.330 e. The third kappa shape index (κ3) is 2.06. The lowest BCUT2D eigenvalue weighted by Crippen LogP contribution is -2.41. The van der Waals surface area contributed by atoms with E-state index >= 15 is 0 Å². The quantitative estimate of drug-likeness (QED) is 0.790. The molecule has 1 nitrogen and oxygen atoms in total. The summed E-state index contributed by atoms with van der Waals surface area (Å²) in [6.07, 6.45) is 3.87. The van der Waals surface area contributed by atoms with Crippen LogP contribution in [0.3, 0.4) is 0 Å². The van der Waals surface area contributed by atoms with E-state index in [1.165, 1.54) is 29.7 Å². The zero-order chi connectivity index (χ0) is 10.7. The van der Waals surface area contributed by atoms with Gasteiger partial charge in [-0.3, -0.25) is 0 Å². The van der Waals surface area contributed by atoms with Gasteiger partial charge in [0, 0.05) is 16.9 Å². The molecule has 2 heteroatoms. The van der Waals surface area contributed by atoms with E-state index in [9.17, 15) is 0 Å². The smallest absolute Gasteiger partial charge is 0.00755 e. The molecule has 0 radical (unpaired) electrons. The topological polar surface area (TPSA) is 26.0 Å². The van der Waals surface area contributed by atoms with Crippen LogP contribution in [0.4, 0.5) is 0 Å². The van der Waals surface area contributed by atoms with Gasteiger partial charge in [-0.15, -0.1) is 11.8 Å². The number of hydrogen-bond donors (Lipinski definition) is 1. The lowest BCUT2D eigenvalue weighted by atomic mass is 9.64. The molecule has 0 bridgehead atoms. The van der Waals surface area contributed by atoms with Crippen molar-refractivity contribution in [1.29, 1.82) is 0 Å². The Morgan fingerprint density at radius 3 is 2.33 bits per heavy atom. The standard InChI is InChI=1S/C13H19NS/c1-2-15-12-6-4-11(5-7-12)13(10-14)8-3-9-13/h4-7H,2-3,8-10,14H2,1H3. The van der Waals surface area contributed by atoms with Gasteiger partial charge in [0.1, 0.15) is 0 Å². The summed E-state index contributed by atoms with van der Waals surface area (Å²) in [5.74, 6) is 1.14. The van der Waals surface area contributed by atoms with Crippen LogP contribution in [0.2, 0.25) is 0 Å². The number of rotatable bonds is 4. The first-order valence-electron chi connectivity index (χ1n) is 5.74. The molecule has 0 aromatic heterocycles. The summed E-state index contributed by atoms with van der Waals surface area (Å²) < 4.78 is 0. The molecule has 1 saturated carbocycles. The maximum absolute atomic E-state index is 5.89. The van der Waals surface area contributed by atoms with Crippen molar-refractivity contribution in [2.45, 2.75) is 36.5 Å². The molecule has 0 amide bonds. The predicted octanol–water partition coefficient (Wildman–Crippen LogP) is 3.18. The molecular weight excluding hydrogens is 202 g/mol. The van der Waals surface area contributed by atoms with E-state index in [1.54, 1.807) is 0 Å². The van der Waals surface area contributed by atoms with Gasteiger partial charge in [-0.25, -0.2) is 0 Å². The van der Waals surface area contributed by atoms with Crippen LogP contribution in [-0.2, 0) is 5.41 Å². The fourth-order valence-corrected chi connectivity index (χ4v) is 2.95. The Morgan fingerprint density at radius 2 is 1.93 bits per heavy atom. The average molecular weight is 221 g/mol. The van der Waals surface area contributed by atoms with Gasteiger partial charge in [-0.2, -0.15) is 0 Å². The molecule has 0 heterocycles. The van der Waals surface area contributed by atoms with Crippen LogP contribution in [-0.4, -0.2) is 12.3 Å². The number of nitrogens with two attached hydrogens (primary N) is 1. The molecule has 0 aliphatic heterocycles. The molecule has 82 valence electrons. The van der Waals surface area contributed by atoms with Crippen molar-refractivity contribution in [1.82, 2.24) is 0 Å². The predicted molar refractivity (Wildman–Crippen MR) is 67.4 cm³/mol. The van der Waals surface area contributed by atoms with Crippen molar-refractivity contribution >= 4 is 11.8 Å². The van der Waals surface area contributed by atoms with Gasteiger partial charge < -0.3 is 5.73 Å². The van der Waals surface area contributed by atoms with Crippen molar-refractivity contribution in [3.8, 4) is 0 Å². The van der Waals surface area contributed by atoms with Crippen LogP contribution in [0, 0.1) is 0 Å². The summed E-state index contributed by atoms with van der Waals surface area (Å²) in [6.45, 7) is 2.99. The molecule has 1 fully saturated rings. The summed E-state index contributed by atoms with van der Waals surface area (Å²) in [5, 5.41) is 0. The van der Waals surface area contributed by atoms with Gasteiger partial charge in [-0.05, 0) is 36.3 Å². The molecule has 0 atom stereocenters. The van der Waals surface area contributed by atoms with E-state index in [-0.39, 0.29) is 0 Å². The Morgan fingerprint density at radius 1 is 1.27 bits per heavy atom. The van der Waals surface area contributed by atoms with E-state index in [4.69, 9.17) is 5.73 Å². The van der Waals surface area contributed by atoms with Crippen molar-refractivity contribution < 1.29 is 0 Å². The summed E-state index contributed by atoms with van der Waals surface area (Å²) in [6, 6.07) is 9.01. The zero-order valence-electron chi connectivity index (χ0n) is 9.33. The van der Waals surface area contributed by atoms with Gasteiger partial charge in [0.25, 0.3) is 0 Å². The van der Waals surface area contributed by atoms with Gasteiger partial charge >= 0.3 is 0 Å². The van der Waals surface area contributed by atoms with E-state index in [2.05, 4.69) is 31.2 Å². The Labute approximate surface area is 96.4 Å². The first kappa shape index (κ1) is 11.0. The van der Waals surface area contributed by atoms with Gasteiger partial charge in [-0.1, -0.05) is 25.5 Å². The minimum Gasteiger partial charge on any atom is -0.330 e. The first-order valence-corrected chi connectivity index (χ1v) is 6.73. The van der Waals surface area contributed by atoms with Gasteiger partial charge in [0.15, 0.2) is 0 Å². The maximum atomic E-state index is 5.89.